The molecule has 1 saturated heterocycles. The summed E-state index contributed by atoms with van der Waals surface area (Å²) in [6.45, 7) is 1.43. The topological polar surface area (TPSA) is 50.4 Å². The number of carbonyl (C=O) groups excluding carboxylic acids is 1. The Kier molecular flexibility index (Phi) is 4.35. The Morgan fingerprint density at radius 3 is 2.69 bits per heavy atom. The lowest BCUT2D eigenvalue weighted by Crippen LogP contribution is -2.45. The molecule has 0 aromatic heterocycles. The number of nitrogens with one attached hydrogen (secondary N) is 2. The highest BCUT2D eigenvalue weighted by Gasteiger charge is 2.26. The quantitative estimate of drug-likeness (QED) is 0.788. The minimum absolute atomic E-state index is 0.0257. The average Bonchev–Trinajstić information content (AvgIpc) is 2.89. The fraction of sp³-hybridized carbons (Fsp3) is 0.909. The molecule has 4 nitrogen and oxygen atoms in total. The summed E-state index contributed by atoms with van der Waals surface area (Å²) >= 11 is 1.90. The van der Waals surface area contributed by atoms with E-state index in [0.717, 1.165) is 31.1 Å². The molecule has 0 bridgehead atoms. The van der Waals surface area contributed by atoms with Crippen molar-refractivity contribution in [2.24, 2.45) is 0 Å². The molecule has 3 unspecified atom stereocenters. The van der Waals surface area contributed by atoms with Crippen LogP contribution >= 0.6 is 11.8 Å². The molecule has 16 heavy (non-hydrogen) atoms. The van der Waals surface area contributed by atoms with Crippen molar-refractivity contribution in [2.75, 3.05) is 19.5 Å². The van der Waals surface area contributed by atoms with Crippen LogP contribution in [0.1, 0.15) is 25.7 Å². The predicted molar refractivity (Wildman–Crippen MR) is 65.8 cm³/mol. The normalized spacial score (nSPS) is 33.9. The van der Waals surface area contributed by atoms with Gasteiger partial charge in [-0.2, -0.15) is 11.8 Å². The molecule has 1 saturated carbocycles. The molecule has 1 aliphatic heterocycles. The third kappa shape index (κ3) is 3.28. The number of hydrogen-bond acceptors (Lipinski definition) is 3. The minimum Gasteiger partial charge on any atom is -0.379 e. The van der Waals surface area contributed by atoms with Gasteiger partial charge in [0.15, 0.2) is 0 Å². The van der Waals surface area contributed by atoms with E-state index < -0.39 is 0 Å². The fourth-order valence-electron chi connectivity index (χ4n) is 2.35. The SMILES string of the molecule is CSC1CCC(NC(=O)NC2CCOC2)C1. The molecule has 2 N–H and O–H groups in total. The molecule has 2 amide bonds. The van der Waals surface area contributed by atoms with Crippen molar-refractivity contribution in [2.45, 2.75) is 43.0 Å². The first-order chi connectivity index (χ1) is 7.78. The largest absolute Gasteiger partial charge is 0.379 e. The van der Waals surface area contributed by atoms with Crippen LogP contribution < -0.4 is 10.6 Å². The van der Waals surface area contributed by atoms with Crippen LogP contribution in [-0.2, 0) is 4.74 Å². The second-order valence-corrected chi connectivity index (χ2v) is 5.68. The molecule has 0 spiro atoms. The van der Waals surface area contributed by atoms with E-state index >= 15 is 0 Å². The van der Waals surface area contributed by atoms with E-state index in [0.29, 0.717) is 12.6 Å². The molecule has 3 atom stereocenters. The molecule has 2 aliphatic rings. The first-order valence-electron chi connectivity index (χ1n) is 5.95. The Labute approximate surface area is 101 Å². The number of ether oxygens (including phenoxy) is 1. The molecule has 1 aliphatic carbocycles. The average molecular weight is 244 g/mol. The Morgan fingerprint density at radius 1 is 1.25 bits per heavy atom. The summed E-state index contributed by atoms with van der Waals surface area (Å²) in [5, 5.41) is 6.73. The number of hydrogen-bond donors (Lipinski definition) is 2. The molecule has 0 radical (unpaired) electrons. The van der Waals surface area contributed by atoms with Gasteiger partial charge in [0.1, 0.15) is 0 Å². The van der Waals surface area contributed by atoms with E-state index in [1.807, 2.05) is 11.8 Å². The van der Waals surface area contributed by atoms with Gasteiger partial charge < -0.3 is 15.4 Å². The summed E-state index contributed by atoms with van der Waals surface area (Å²) in [5.41, 5.74) is 0. The number of thioether (sulfide) groups is 1. The van der Waals surface area contributed by atoms with E-state index in [2.05, 4.69) is 16.9 Å². The summed E-state index contributed by atoms with van der Waals surface area (Å²) < 4.78 is 5.22. The van der Waals surface area contributed by atoms with Crippen molar-refractivity contribution in [1.82, 2.24) is 10.6 Å². The fourth-order valence-corrected chi connectivity index (χ4v) is 3.14. The molecule has 5 heteroatoms. The molecule has 0 aromatic rings. The predicted octanol–water partition coefficient (Wildman–Crippen LogP) is 1.36. The standard InChI is InChI=1S/C11H20N2O2S/c1-16-10-3-2-8(6-10)12-11(14)13-9-4-5-15-7-9/h8-10H,2-7H2,1H3,(H2,12,13,14). The number of carbonyl (C=O) groups is 1. The Balaban J connectivity index is 1.67. The lowest BCUT2D eigenvalue weighted by Gasteiger charge is -2.16. The van der Waals surface area contributed by atoms with Gasteiger partial charge in [0.2, 0.25) is 0 Å². The van der Waals surface area contributed by atoms with Crippen molar-refractivity contribution in [3.8, 4) is 0 Å². The number of rotatable bonds is 3. The first kappa shape index (κ1) is 12.0. The van der Waals surface area contributed by atoms with Crippen molar-refractivity contribution in [3.05, 3.63) is 0 Å². The van der Waals surface area contributed by atoms with Crippen LogP contribution in [-0.4, -0.2) is 42.8 Å². The van der Waals surface area contributed by atoms with Crippen LogP contribution in [0.5, 0.6) is 0 Å². The van der Waals surface area contributed by atoms with Crippen molar-refractivity contribution < 1.29 is 9.53 Å². The molecule has 1 heterocycles. The van der Waals surface area contributed by atoms with Gasteiger partial charge >= 0.3 is 6.03 Å². The van der Waals surface area contributed by atoms with Crippen molar-refractivity contribution in [1.29, 1.82) is 0 Å². The Hall–Kier alpha value is -0.420. The zero-order chi connectivity index (χ0) is 11.4. The third-order valence-electron chi connectivity index (χ3n) is 3.32. The first-order valence-corrected chi connectivity index (χ1v) is 7.24. The van der Waals surface area contributed by atoms with Crippen LogP contribution in [0.15, 0.2) is 0 Å². The Bertz CT molecular complexity index is 244. The maximum Gasteiger partial charge on any atom is 0.315 e. The molecular formula is C11H20N2O2S. The van der Waals surface area contributed by atoms with Gasteiger partial charge in [-0.25, -0.2) is 4.79 Å². The highest BCUT2D eigenvalue weighted by Crippen LogP contribution is 2.27. The van der Waals surface area contributed by atoms with E-state index in [4.69, 9.17) is 4.74 Å². The van der Waals surface area contributed by atoms with E-state index in [-0.39, 0.29) is 12.1 Å². The van der Waals surface area contributed by atoms with Crippen LogP contribution in [0.3, 0.4) is 0 Å². The summed E-state index contributed by atoms with van der Waals surface area (Å²) in [6, 6.07) is 0.541. The highest BCUT2D eigenvalue weighted by atomic mass is 32.2. The van der Waals surface area contributed by atoms with Gasteiger partial charge in [-0.1, -0.05) is 0 Å². The number of urea groups is 1. The van der Waals surface area contributed by atoms with Gasteiger partial charge in [0.25, 0.3) is 0 Å². The van der Waals surface area contributed by atoms with E-state index in [1.165, 1.54) is 6.42 Å². The summed E-state index contributed by atoms with van der Waals surface area (Å²) in [4.78, 5) is 11.7. The van der Waals surface area contributed by atoms with Crippen LogP contribution in [0.2, 0.25) is 0 Å². The van der Waals surface area contributed by atoms with Gasteiger partial charge in [0.05, 0.1) is 12.6 Å². The minimum atomic E-state index is -0.0257. The summed E-state index contributed by atoms with van der Waals surface area (Å²) in [5.74, 6) is 0. The van der Waals surface area contributed by atoms with Gasteiger partial charge in [-0.3, -0.25) is 0 Å². The van der Waals surface area contributed by atoms with Gasteiger partial charge in [0, 0.05) is 17.9 Å². The van der Waals surface area contributed by atoms with Crippen molar-refractivity contribution >= 4 is 17.8 Å². The van der Waals surface area contributed by atoms with Gasteiger partial charge in [-0.05, 0) is 31.9 Å². The lowest BCUT2D eigenvalue weighted by molar-refractivity contribution is 0.188. The van der Waals surface area contributed by atoms with E-state index in [9.17, 15) is 4.79 Å². The number of amides is 2. The van der Waals surface area contributed by atoms with Crippen molar-refractivity contribution in [3.63, 3.8) is 0 Å². The smallest absolute Gasteiger partial charge is 0.315 e. The molecule has 2 rings (SSSR count). The second-order valence-electron chi connectivity index (χ2n) is 4.55. The summed E-state index contributed by atoms with van der Waals surface area (Å²) in [7, 11) is 0. The molecule has 92 valence electrons. The maximum atomic E-state index is 11.7. The Morgan fingerprint density at radius 2 is 2.06 bits per heavy atom. The zero-order valence-electron chi connectivity index (χ0n) is 9.70. The zero-order valence-corrected chi connectivity index (χ0v) is 10.5. The molecule has 0 aromatic carbocycles. The third-order valence-corrected chi connectivity index (χ3v) is 4.41. The van der Waals surface area contributed by atoms with E-state index in [1.54, 1.807) is 0 Å². The van der Waals surface area contributed by atoms with Crippen LogP contribution in [0, 0.1) is 0 Å². The molecular weight excluding hydrogens is 224 g/mol. The molecule has 2 fully saturated rings. The monoisotopic (exact) mass is 244 g/mol. The highest BCUT2D eigenvalue weighted by molar-refractivity contribution is 7.99. The maximum absolute atomic E-state index is 11.7. The van der Waals surface area contributed by atoms with Crippen LogP contribution in [0.4, 0.5) is 4.79 Å². The lowest BCUT2D eigenvalue weighted by atomic mass is 10.2. The van der Waals surface area contributed by atoms with Gasteiger partial charge in [-0.15, -0.1) is 0 Å². The van der Waals surface area contributed by atoms with Crippen LogP contribution in [0.25, 0.3) is 0 Å². The second kappa shape index (κ2) is 5.77. The summed E-state index contributed by atoms with van der Waals surface area (Å²) in [6.07, 6.45) is 6.52.